The van der Waals surface area contributed by atoms with E-state index in [0.29, 0.717) is 5.76 Å². The molecule has 0 saturated heterocycles. The predicted octanol–water partition coefficient (Wildman–Crippen LogP) is 4.12. The number of fused-ring (bicyclic) bond motifs is 2. The van der Waals surface area contributed by atoms with Gasteiger partial charge in [0, 0.05) is 5.39 Å². The fourth-order valence-corrected chi connectivity index (χ4v) is 3.44. The van der Waals surface area contributed by atoms with Gasteiger partial charge in [0.2, 0.25) is 11.8 Å². The van der Waals surface area contributed by atoms with Crippen LogP contribution in [0.3, 0.4) is 0 Å². The summed E-state index contributed by atoms with van der Waals surface area (Å²) in [5.41, 5.74) is 1.73. The number of rotatable bonds is 6. The molecule has 0 spiro atoms. The van der Waals surface area contributed by atoms with Crippen LogP contribution >= 0.6 is 0 Å². The van der Waals surface area contributed by atoms with E-state index in [1.807, 2.05) is 79.7 Å². The molecule has 3 aromatic carbocycles. The summed E-state index contributed by atoms with van der Waals surface area (Å²) in [7, 11) is 0. The Kier molecular flexibility index (Phi) is 5.29. The van der Waals surface area contributed by atoms with Gasteiger partial charge in [0.25, 0.3) is 0 Å². The van der Waals surface area contributed by atoms with E-state index in [4.69, 9.17) is 4.42 Å². The summed E-state index contributed by atoms with van der Waals surface area (Å²) in [6, 6.07) is 23.2. The lowest BCUT2D eigenvalue weighted by Crippen LogP contribution is -2.38. The van der Waals surface area contributed by atoms with Crippen molar-refractivity contribution in [1.82, 2.24) is 10.6 Å². The maximum Gasteiger partial charge on any atom is 0.239 e. The van der Waals surface area contributed by atoms with E-state index in [0.717, 1.165) is 27.3 Å². The van der Waals surface area contributed by atoms with Crippen molar-refractivity contribution in [3.05, 3.63) is 84.1 Å². The van der Waals surface area contributed by atoms with Gasteiger partial charge in [0.15, 0.2) is 0 Å². The zero-order valence-electron chi connectivity index (χ0n) is 16.1. The number of furan rings is 1. The Bertz CT molecular complexity index is 1140. The van der Waals surface area contributed by atoms with Crippen LogP contribution in [0.4, 0.5) is 0 Å². The van der Waals surface area contributed by atoms with Crippen molar-refractivity contribution in [3.63, 3.8) is 0 Å². The molecule has 0 bridgehead atoms. The fraction of sp³-hybridized carbons (Fsp3) is 0.167. The molecule has 1 heterocycles. The quantitative estimate of drug-likeness (QED) is 0.524. The Hall–Kier alpha value is -3.60. The van der Waals surface area contributed by atoms with E-state index >= 15 is 0 Å². The Balaban J connectivity index is 1.32. The van der Waals surface area contributed by atoms with Crippen LogP contribution < -0.4 is 10.6 Å². The van der Waals surface area contributed by atoms with Gasteiger partial charge in [-0.15, -0.1) is 0 Å². The second-order valence-corrected chi connectivity index (χ2v) is 7.07. The van der Waals surface area contributed by atoms with Crippen LogP contribution in [0, 0.1) is 0 Å². The van der Waals surface area contributed by atoms with Gasteiger partial charge >= 0.3 is 0 Å². The van der Waals surface area contributed by atoms with E-state index in [-0.39, 0.29) is 30.8 Å². The molecular formula is C24H22N2O3. The van der Waals surface area contributed by atoms with Crippen LogP contribution in [0.5, 0.6) is 0 Å². The molecule has 0 aliphatic carbocycles. The molecule has 1 atom stereocenters. The van der Waals surface area contributed by atoms with Gasteiger partial charge in [0.05, 0.1) is 19.0 Å². The number of amides is 2. The molecule has 146 valence electrons. The summed E-state index contributed by atoms with van der Waals surface area (Å²) in [6.45, 7) is 1.78. The third-order valence-corrected chi connectivity index (χ3v) is 4.93. The maximum atomic E-state index is 12.3. The van der Waals surface area contributed by atoms with Gasteiger partial charge in [0.1, 0.15) is 11.3 Å². The molecule has 0 saturated carbocycles. The SMILES string of the molecule is C[C@H](NC(=O)CNC(=O)Cc1cccc2ccccc12)c1cc2ccccc2o1. The zero-order valence-corrected chi connectivity index (χ0v) is 16.1. The van der Waals surface area contributed by atoms with E-state index in [1.165, 1.54) is 0 Å². The summed E-state index contributed by atoms with van der Waals surface area (Å²) in [5, 5.41) is 8.69. The topological polar surface area (TPSA) is 71.3 Å². The summed E-state index contributed by atoms with van der Waals surface area (Å²) in [6.07, 6.45) is 0.230. The Morgan fingerprint density at radius 3 is 2.45 bits per heavy atom. The van der Waals surface area contributed by atoms with E-state index in [1.54, 1.807) is 0 Å². The smallest absolute Gasteiger partial charge is 0.239 e. The summed E-state index contributed by atoms with van der Waals surface area (Å²) in [5.74, 6) is 0.235. The molecule has 2 N–H and O–H groups in total. The van der Waals surface area contributed by atoms with Crippen molar-refractivity contribution in [2.24, 2.45) is 0 Å². The molecule has 0 aliphatic heterocycles. The average molecular weight is 386 g/mol. The summed E-state index contributed by atoms with van der Waals surface area (Å²) >= 11 is 0. The van der Waals surface area contributed by atoms with Gasteiger partial charge < -0.3 is 15.1 Å². The first kappa shape index (κ1) is 18.7. The molecule has 0 aliphatic rings. The number of hydrogen-bond donors (Lipinski definition) is 2. The summed E-state index contributed by atoms with van der Waals surface area (Å²) in [4.78, 5) is 24.6. The molecular weight excluding hydrogens is 364 g/mol. The Labute approximate surface area is 168 Å². The highest BCUT2D eigenvalue weighted by atomic mass is 16.3. The van der Waals surface area contributed by atoms with Crippen molar-refractivity contribution in [2.75, 3.05) is 6.54 Å². The lowest BCUT2D eigenvalue weighted by atomic mass is 10.0. The second kappa shape index (κ2) is 8.19. The highest BCUT2D eigenvalue weighted by Crippen LogP contribution is 2.23. The second-order valence-electron chi connectivity index (χ2n) is 7.07. The molecule has 4 rings (SSSR count). The van der Waals surface area contributed by atoms with Crippen molar-refractivity contribution in [1.29, 1.82) is 0 Å². The third-order valence-electron chi connectivity index (χ3n) is 4.93. The van der Waals surface area contributed by atoms with Gasteiger partial charge in [-0.05, 0) is 35.4 Å². The number of para-hydroxylation sites is 1. The standard InChI is InChI=1S/C24H22N2O3/c1-16(22-13-19-8-3-5-12-21(19)29-22)26-24(28)15-25-23(27)14-18-10-6-9-17-7-2-4-11-20(17)18/h2-13,16H,14-15H2,1H3,(H,25,27)(H,26,28)/t16-/m0/s1. The van der Waals surface area contributed by atoms with Crippen LogP contribution in [0.1, 0.15) is 24.3 Å². The highest BCUT2D eigenvalue weighted by Gasteiger charge is 2.15. The van der Waals surface area contributed by atoms with Crippen LogP contribution in [0.25, 0.3) is 21.7 Å². The van der Waals surface area contributed by atoms with Gasteiger partial charge in [-0.2, -0.15) is 0 Å². The van der Waals surface area contributed by atoms with Crippen LogP contribution in [-0.2, 0) is 16.0 Å². The average Bonchev–Trinajstić information content (AvgIpc) is 3.17. The molecule has 4 aromatic rings. The molecule has 5 nitrogen and oxygen atoms in total. The number of benzene rings is 3. The van der Waals surface area contributed by atoms with Crippen LogP contribution in [-0.4, -0.2) is 18.4 Å². The number of carbonyl (C=O) groups is 2. The van der Waals surface area contributed by atoms with Gasteiger partial charge in [-0.3, -0.25) is 9.59 Å². The molecule has 0 fully saturated rings. The maximum absolute atomic E-state index is 12.3. The molecule has 0 radical (unpaired) electrons. The van der Waals surface area contributed by atoms with E-state index in [2.05, 4.69) is 10.6 Å². The molecule has 2 amide bonds. The minimum Gasteiger partial charge on any atom is -0.459 e. The third kappa shape index (κ3) is 4.29. The Morgan fingerprint density at radius 2 is 1.62 bits per heavy atom. The summed E-state index contributed by atoms with van der Waals surface area (Å²) < 4.78 is 5.77. The zero-order chi connectivity index (χ0) is 20.2. The van der Waals surface area contributed by atoms with Crippen molar-refractivity contribution in [3.8, 4) is 0 Å². The number of nitrogens with one attached hydrogen (secondary N) is 2. The van der Waals surface area contributed by atoms with Crippen molar-refractivity contribution in [2.45, 2.75) is 19.4 Å². The fourth-order valence-electron chi connectivity index (χ4n) is 3.44. The predicted molar refractivity (Wildman–Crippen MR) is 113 cm³/mol. The highest BCUT2D eigenvalue weighted by molar-refractivity contribution is 5.91. The first-order valence-electron chi connectivity index (χ1n) is 9.61. The first-order chi connectivity index (χ1) is 14.1. The molecule has 1 aromatic heterocycles. The normalized spacial score (nSPS) is 12.0. The monoisotopic (exact) mass is 386 g/mol. The first-order valence-corrected chi connectivity index (χ1v) is 9.61. The minimum atomic E-state index is -0.287. The molecule has 0 unspecified atom stereocenters. The number of carbonyl (C=O) groups excluding carboxylic acids is 2. The lowest BCUT2D eigenvalue weighted by Gasteiger charge is -2.12. The Morgan fingerprint density at radius 1 is 0.897 bits per heavy atom. The number of hydrogen-bond acceptors (Lipinski definition) is 3. The van der Waals surface area contributed by atoms with E-state index in [9.17, 15) is 9.59 Å². The largest absolute Gasteiger partial charge is 0.459 e. The van der Waals surface area contributed by atoms with Gasteiger partial charge in [-0.1, -0.05) is 60.7 Å². The van der Waals surface area contributed by atoms with Crippen molar-refractivity contribution < 1.29 is 14.0 Å². The van der Waals surface area contributed by atoms with Crippen LogP contribution in [0.15, 0.2) is 77.2 Å². The molecule has 5 heteroatoms. The lowest BCUT2D eigenvalue weighted by molar-refractivity contribution is -0.126. The van der Waals surface area contributed by atoms with Gasteiger partial charge in [-0.25, -0.2) is 0 Å². The van der Waals surface area contributed by atoms with Crippen LogP contribution in [0.2, 0.25) is 0 Å². The van der Waals surface area contributed by atoms with E-state index < -0.39 is 0 Å². The molecule has 29 heavy (non-hydrogen) atoms. The minimum absolute atomic E-state index is 0.0752. The van der Waals surface area contributed by atoms with Crippen molar-refractivity contribution >= 4 is 33.6 Å².